The zero-order valence-corrected chi connectivity index (χ0v) is 16.9. The molecule has 1 aliphatic rings. The van der Waals surface area contributed by atoms with Gasteiger partial charge in [0.15, 0.2) is 0 Å². The Bertz CT molecular complexity index is 850. The Morgan fingerprint density at radius 3 is 2.79 bits per heavy atom. The van der Waals surface area contributed by atoms with Crippen molar-refractivity contribution >= 4 is 34.9 Å². The summed E-state index contributed by atoms with van der Waals surface area (Å²) in [5.74, 6) is 0.865. The minimum absolute atomic E-state index is 0.0725. The number of halogens is 2. The van der Waals surface area contributed by atoms with Crippen LogP contribution in [0.2, 0.25) is 10.0 Å². The lowest BCUT2D eigenvalue weighted by Crippen LogP contribution is -2.26. The van der Waals surface area contributed by atoms with Crippen LogP contribution in [0.15, 0.2) is 36.4 Å². The van der Waals surface area contributed by atoms with E-state index < -0.39 is 6.03 Å². The summed E-state index contributed by atoms with van der Waals surface area (Å²) in [6.45, 7) is 2.04. The topological polar surface area (TPSA) is 106 Å². The predicted molar refractivity (Wildman–Crippen MR) is 110 cm³/mol. The average molecular weight is 442 g/mol. The van der Waals surface area contributed by atoms with E-state index in [2.05, 4.69) is 5.32 Å². The largest absolute Gasteiger partial charge is 0.506 e. The van der Waals surface area contributed by atoms with Crippen molar-refractivity contribution in [1.82, 2.24) is 5.06 Å². The number of carbonyl (C=O) groups is 1. The van der Waals surface area contributed by atoms with Crippen LogP contribution >= 0.6 is 23.2 Å². The van der Waals surface area contributed by atoms with Gasteiger partial charge in [-0.2, -0.15) is 5.06 Å². The Balaban J connectivity index is 1.43. The highest BCUT2D eigenvalue weighted by Gasteiger charge is 2.25. The van der Waals surface area contributed by atoms with Gasteiger partial charge in [-0.05, 0) is 36.8 Å². The van der Waals surface area contributed by atoms with Gasteiger partial charge in [0.1, 0.15) is 30.0 Å². The molecule has 1 unspecified atom stereocenters. The van der Waals surface area contributed by atoms with Crippen LogP contribution in [0.3, 0.4) is 0 Å². The van der Waals surface area contributed by atoms with Crippen molar-refractivity contribution in [3.8, 4) is 17.2 Å². The molecule has 10 heteroatoms. The van der Waals surface area contributed by atoms with Crippen LogP contribution in [-0.2, 0) is 4.84 Å². The van der Waals surface area contributed by atoms with E-state index in [9.17, 15) is 9.90 Å². The number of ether oxygens (including phenoxy) is 2. The number of phenolic OH excluding ortho intramolecular Hbond substituents is 1. The first kappa shape index (κ1) is 21.3. The molecule has 1 heterocycles. The van der Waals surface area contributed by atoms with Crippen molar-refractivity contribution in [2.24, 2.45) is 5.73 Å². The third kappa shape index (κ3) is 6.30. The average Bonchev–Trinajstić information content (AvgIpc) is 3.11. The van der Waals surface area contributed by atoms with Gasteiger partial charge in [0.25, 0.3) is 0 Å². The lowest BCUT2D eigenvalue weighted by atomic mass is 10.2. The number of hydroxylamine groups is 2. The fraction of sp³-hybridized carbons (Fsp3) is 0.316. The number of urea groups is 1. The molecule has 2 aromatic rings. The Morgan fingerprint density at radius 2 is 2.07 bits per heavy atom. The second kappa shape index (κ2) is 9.89. The zero-order valence-electron chi connectivity index (χ0n) is 15.4. The number of primary amides is 1. The Labute approximate surface area is 178 Å². The molecule has 0 radical (unpaired) electrons. The maximum Gasteiger partial charge on any atom is 0.316 e. The van der Waals surface area contributed by atoms with Crippen LogP contribution in [0.25, 0.3) is 0 Å². The smallest absolute Gasteiger partial charge is 0.316 e. The van der Waals surface area contributed by atoms with Crippen LogP contribution in [-0.4, -0.2) is 48.6 Å². The first-order valence-electron chi connectivity index (χ1n) is 8.92. The van der Waals surface area contributed by atoms with Gasteiger partial charge in [0, 0.05) is 17.6 Å². The number of rotatable bonds is 8. The van der Waals surface area contributed by atoms with E-state index >= 15 is 0 Å². The van der Waals surface area contributed by atoms with Crippen molar-refractivity contribution in [1.29, 1.82) is 0 Å². The maximum absolute atomic E-state index is 11.1. The number of nitrogens with two attached hydrogens (primary N) is 1. The van der Waals surface area contributed by atoms with E-state index in [1.165, 1.54) is 12.1 Å². The zero-order chi connectivity index (χ0) is 20.8. The summed E-state index contributed by atoms with van der Waals surface area (Å²) in [6.07, 6.45) is 0.573. The normalized spacial score (nSPS) is 16.6. The van der Waals surface area contributed by atoms with Crippen molar-refractivity contribution in [2.45, 2.75) is 12.5 Å². The fourth-order valence-corrected chi connectivity index (χ4v) is 3.06. The Hall–Kier alpha value is -2.39. The van der Waals surface area contributed by atoms with Crippen LogP contribution in [0, 0.1) is 0 Å². The molecule has 1 atom stereocenters. The number of phenols is 1. The molecule has 8 nitrogen and oxygen atoms in total. The molecule has 1 fully saturated rings. The first-order chi connectivity index (χ1) is 13.9. The summed E-state index contributed by atoms with van der Waals surface area (Å²) >= 11 is 11.7. The number of amides is 2. The summed E-state index contributed by atoms with van der Waals surface area (Å²) in [4.78, 5) is 16.7. The number of hydrogen-bond donors (Lipinski definition) is 3. The molecule has 2 amide bonds. The van der Waals surface area contributed by atoms with Gasteiger partial charge in [-0.15, -0.1) is 0 Å². The molecular weight excluding hydrogens is 421 g/mol. The highest BCUT2D eigenvalue weighted by atomic mass is 35.5. The number of carbonyl (C=O) groups excluding carboxylic acids is 1. The van der Waals surface area contributed by atoms with Crippen LogP contribution in [0.4, 0.5) is 10.5 Å². The van der Waals surface area contributed by atoms with Gasteiger partial charge < -0.3 is 25.6 Å². The van der Waals surface area contributed by atoms with Crippen molar-refractivity contribution in [2.75, 3.05) is 31.6 Å². The molecule has 29 heavy (non-hydrogen) atoms. The standard InChI is InChI=1S/C19H21Cl2N3O5/c20-12-2-4-13(5-3-12)29-14-10-24(28-11-14)6-1-7-27-18-9-17(25)15(21)8-16(18)23-19(22)26/h2-5,8-9,14,25H,1,6-7,10-11H2,(H3,22,23,26). The first-order valence-corrected chi connectivity index (χ1v) is 9.68. The van der Waals surface area contributed by atoms with Gasteiger partial charge in [0.2, 0.25) is 0 Å². The van der Waals surface area contributed by atoms with Gasteiger partial charge in [-0.25, -0.2) is 4.79 Å². The van der Waals surface area contributed by atoms with Crippen LogP contribution in [0.1, 0.15) is 6.42 Å². The van der Waals surface area contributed by atoms with Crippen LogP contribution in [0.5, 0.6) is 17.2 Å². The Kier molecular flexibility index (Phi) is 7.27. The number of hydrogen-bond acceptors (Lipinski definition) is 6. The van der Waals surface area contributed by atoms with Crippen molar-refractivity contribution < 1.29 is 24.2 Å². The van der Waals surface area contributed by atoms with E-state index in [-0.39, 0.29) is 28.3 Å². The number of anilines is 1. The highest BCUT2D eigenvalue weighted by Crippen LogP contribution is 2.35. The number of nitrogens with one attached hydrogen (secondary N) is 1. The van der Waals surface area contributed by atoms with E-state index in [0.29, 0.717) is 37.7 Å². The Morgan fingerprint density at radius 1 is 1.31 bits per heavy atom. The highest BCUT2D eigenvalue weighted by molar-refractivity contribution is 6.32. The predicted octanol–water partition coefficient (Wildman–Crippen LogP) is 3.65. The van der Waals surface area contributed by atoms with Crippen molar-refractivity contribution in [3.05, 3.63) is 46.4 Å². The van der Waals surface area contributed by atoms with Gasteiger partial charge >= 0.3 is 6.03 Å². The fourth-order valence-electron chi connectivity index (χ4n) is 2.77. The quantitative estimate of drug-likeness (QED) is 0.426. The molecule has 0 bridgehead atoms. The lowest BCUT2D eigenvalue weighted by molar-refractivity contribution is -0.111. The van der Waals surface area contributed by atoms with Gasteiger partial charge in [-0.1, -0.05) is 23.2 Å². The summed E-state index contributed by atoms with van der Waals surface area (Å²) in [6, 6.07) is 9.13. The van der Waals surface area contributed by atoms with Crippen molar-refractivity contribution in [3.63, 3.8) is 0 Å². The summed E-state index contributed by atoms with van der Waals surface area (Å²) < 4.78 is 11.5. The van der Waals surface area contributed by atoms with Crippen LogP contribution < -0.4 is 20.5 Å². The molecule has 156 valence electrons. The number of benzene rings is 2. The molecular formula is C19H21Cl2N3O5. The molecule has 1 saturated heterocycles. The monoisotopic (exact) mass is 441 g/mol. The minimum atomic E-state index is -0.756. The summed E-state index contributed by atoms with van der Waals surface area (Å²) in [5, 5.41) is 14.7. The second-order valence-electron chi connectivity index (χ2n) is 6.37. The molecule has 2 aromatic carbocycles. The molecule has 1 aliphatic heterocycles. The summed E-state index contributed by atoms with van der Waals surface area (Å²) in [5.41, 5.74) is 5.43. The molecule has 0 aliphatic carbocycles. The third-order valence-electron chi connectivity index (χ3n) is 4.08. The molecule has 0 saturated carbocycles. The van der Waals surface area contributed by atoms with Gasteiger partial charge in [-0.3, -0.25) is 4.84 Å². The minimum Gasteiger partial charge on any atom is -0.506 e. The SMILES string of the molecule is NC(=O)Nc1cc(Cl)c(O)cc1OCCCN1CC(Oc2ccc(Cl)cc2)CO1. The molecule has 0 spiro atoms. The van der Waals surface area contributed by atoms with E-state index in [0.717, 1.165) is 5.75 Å². The van der Waals surface area contributed by atoms with E-state index in [4.69, 9.17) is 43.2 Å². The maximum atomic E-state index is 11.1. The van der Waals surface area contributed by atoms with Gasteiger partial charge in [0.05, 0.1) is 23.9 Å². The number of nitrogens with zero attached hydrogens (tertiary/aromatic N) is 1. The molecule has 4 N–H and O–H groups in total. The van der Waals surface area contributed by atoms with E-state index in [1.54, 1.807) is 12.1 Å². The van der Waals surface area contributed by atoms with E-state index in [1.807, 2.05) is 17.2 Å². The third-order valence-corrected chi connectivity index (χ3v) is 4.64. The second-order valence-corrected chi connectivity index (χ2v) is 7.21. The summed E-state index contributed by atoms with van der Waals surface area (Å²) in [7, 11) is 0. The molecule has 3 rings (SSSR count). The lowest BCUT2D eigenvalue weighted by Gasteiger charge is -2.16. The molecule has 0 aromatic heterocycles. The number of aromatic hydroxyl groups is 1.